The zero-order valence-corrected chi connectivity index (χ0v) is 14.3. The molecule has 1 aliphatic heterocycles. The molecule has 0 bridgehead atoms. The Balaban J connectivity index is 1.76. The minimum absolute atomic E-state index is 0.0624. The highest BCUT2D eigenvalue weighted by Gasteiger charge is 2.31. The lowest BCUT2D eigenvalue weighted by Crippen LogP contribution is -3.30. The fourth-order valence-corrected chi connectivity index (χ4v) is 3.05. The van der Waals surface area contributed by atoms with Gasteiger partial charge in [-0.25, -0.2) is 4.39 Å². The number of benzene rings is 1. The van der Waals surface area contributed by atoms with Crippen molar-refractivity contribution in [3.8, 4) is 0 Å². The Labute approximate surface area is 142 Å². The fraction of sp³-hybridized carbons (Fsp3) is 0.529. The van der Waals surface area contributed by atoms with Crippen LogP contribution >= 0.6 is 0 Å². The number of hydrogen-bond donors (Lipinski definition) is 4. The molecule has 0 aliphatic carbocycles. The second kappa shape index (κ2) is 8.75. The average molecular weight is 338 g/mol. The lowest BCUT2D eigenvalue weighted by atomic mass is 10.2. The summed E-state index contributed by atoms with van der Waals surface area (Å²) in [4.78, 5) is 26.4. The molecule has 0 saturated carbocycles. The molecule has 0 spiro atoms. The van der Waals surface area contributed by atoms with Crippen LogP contribution < -0.4 is 20.4 Å². The molecule has 24 heavy (non-hydrogen) atoms. The first kappa shape index (κ1) is 18.4. The highest BCUT2D eigenvalue weighted by Crippen LogP contribution is 2.08. The largest absolute Gasteiger partial charge is 0.351 e. The van der Waals surface area contributed by atoms with E-state index in [1.54, 1.807) is 12.1 Å². The van der Waals surface area contributed by atoms with Crippen LogP contribution in [0.4, 0.5) is 10.1 Å². The van der Waals surface area contributed by atoms with Gasteiger partial charge in [-0.3, -0.25) is 9.59 Å². The third kappa shape index (κ3) is 5.28. The standard InChI is InChI=1S/C17H25FN4O2/c1-3-19-17(24)13(2)22-9-7-21(8-10-22)12-16(23)20-15-6-4-5-14(18)11-15/h4-6,11,13H,3,7-10,12H2,1-2H3,(H,19,24)(H,20,23)/p+2/t13-/m1/s1. The zero-order chi connectivity index (χ0) is 17.5. The molecule has 0 radical (unpaired) electrons. The molecule has 2 rings (SSSR count). The minimum atomic E-state index is -0.364. The lowest BCUT2D eigenvalue weighted by Gasteiger charge is -2.32. The second-order valence-electron chi connectivity index (χ2n) is 6.26. The Hall–Kier alpha value is -1.99. The van der Waals surface area contributed by atoms with Crippen molar-refractivity contribution >= 4 is 17.5 Å². The van der Waals surface area contributed by atoms with Crippen LogP contribution in [-0.2, 0) is 9.59 Å². The van der Waals surface area contributed by atoms with Crippen molar-refractivity contribution in [2.75, 3.05) is 44.6 Å². The van der Waals surface area contributed by atoms with Crippen molar-refractivity contribution in [3.63, 3.8) is 0 Å². The van der Waals surface area contributed by atoms with E-state index in [0.29, 0.717) is 18.8 Å². The average Bonchev–Trinajstić information content (AvgIpc) is 2.55. The van der Waals surface area contributed by atoms with Crippen molar-refractivity contribution in [2.24, 2.45) is 0 Å². The van der Waals surface area contributed by atoms with Gasteiger partial charge in [-0.15, -0.1) is 0 Å². The zero-order valence-electron chi connectivity index (χ0n) is 14.3. The van der Waals surface area contributed by atoms with E-state index in [4.69, 9.17) is 0 Å². The topological polar surface area (TPSA) is 67.1 Å². The highest BCUT2D eigenvalue weighted by atomic mass is 19.1. The number of amides is 2. The molecule has 1 aliphatic rings. The van der Waals surface area contributed by atoms with Crippen molar-refractivity contribution < 1.29 is 23.8 Å². The van der Waals surface area contributed by atoms with E-state index in [2.05, 4.69) is 10.6 Å². The van der Waals surface area contributed by atoms with Gasteiger partial charge in [-0.1, -0.05) is 6.07 Å². The van der Waals surface area contributed by atoms with E-state index in [0.717, 1.165) is 26.2 Å². The third-order valence-corrected chi connectivity index (χ3v) is 4.47. The Morgan fingerprint density at radius 2 is 1.96 bits per heavy atom. The summed E-state index contributed by atoms with van der Waals surface area (Å²) in [7, 11) is 0. The normalized spacial score (nSPS) is 21.8. The number of quaternary nitrogens is 2. The van der Waals surface area contributed by atoms with Crippen LogP contribution in [0.5, 0.6) is 0 Å². The van der Waals surface area contributed by atoms with Crippen molar-refractivity contribution in [1.29, 1.82) is 0 Å². The number of anilines is 1. The first-order valence-corrected chi connectivity index (χ1v) is 8.51. The monoisotopic (exact) mass is 338 g/mol. The Morgan fingerprint density at radius 3 is 2.58 bits per heavy atom. The minimum Gasteiger partial charge on any atom is -0.351 e. The van der Waals surface area contributed by atoms with Crippen molar-refractivity contribution in [3.05, 3.63) is 30.1 Å². The molecular formula is C17H27FN4O2+2. The van der Waals surface area contributed by atoms with Crippen LogP contribution in [-0.4, -0.2) is 57.1 Å². The SMILES string of the molecule is CCNC(=O)[C@@H](C)[NH+]1CC[NH+](CC(=O)Nc2cccc(F)c2)CC1. The molecule has 4 N–H and O–H groups in total. The van der Waals surface area contributed by atoms with E-state index >= 15 is 0 Å². The van der Waals surface area contributed by atoms with Gasteiger partial charge in [-0.05, 0) is 32.0 Å². The number of piperazine rings is 1. The summed E-state index contributed by atoms with van der Waals surface area (Å²) in [6.45, 7) is 8.28. The van der Waals surface area contributed by atoms with Gasteiger partial charge in [0.25, 0.3) is 11.8 Å². The third-order valence-electron chi connectivity index (χ3n) is 4.47. The molecule has 7 heteroatoms. The van der Waals surface area contributed by atoms with Gasteiger partial charge in [0.05, 0.1) is 0 Å². The first-order valence-electron chi connectivity index (χ1n) is 8.51. The summed E-state index contributed by atoms with van der Waals surface area (Å²) in [6.07, 6.45) is 0. The van der Waals surface area contributed by atoms with Gasteiger partial charge in [0, 0.05) is 12.2 Å². The van der Waals surface area contributed by atoms with E-state index in [-0.39, 0.29) is 23.7 Å². The first-order chi connectivity index (χ1) is 11.5. The van der Waals surface area contributed by atoms with Gasteiger partial charge in [-0.2, -0.15) is 0 Å². The van der Waals surface area contributed by atoms with Crippen molar-refractivity contribution in [1.82, 2.24) is 5.32 Å². The maximum absolute atomic E-state index is 13.1. The molecular weight excluding hydrogens is 311 g/mol. The Bertz CT molecular complexity index is 573. The lowest BCUT2D eigenvalue weighted by molar-refractivity contribution is -1.01. The molecule has 1 heterocycles. The molecule has 132 valence electrons. The number of carbonyl (C=O) groups excluding carboxylic acids is 2. The van der Waals surface area contributed by atoms with Gasteiger partial charge >= 0.3 is 0 Å². The summed E-state index contributed by atoms with van der Waals surface area (Å²) in [6, 6.07) is 5.84. The van der Waals surface area contributed by atoms with Gasteiger partial charge in [0.2, 0.25) is 0 Å². The van der Waals surface area contributed by atoms with Crippen LogP contribution in [0.15, 0.2) is 24.3 Å². The smallest absolute Gasteiger partial charge is 0.279 e. The highest BCUT2D eigenvalue weighted by molar-refractivity contribution is 5.91. The van der Waals surface area contributed by atoms with E-state index in [1.165, 1.54) is 21.9 Å². The maximum atomic E-state index is 13.1. The van der Waals surface area contributed by atoms with Crippen LogP contribution in [0.2, 0.25) is 0 Å². The predicted molar refractivity (Wildman–Crippen MR) is 89.4 cm³/mol. The molecule has 1 saturated heterocycles. The number of rotatable bonds is 6. The summed E-state index contributed by atoms with van der Waals surface area (Å²) in [5.74, 6) is -0.396. The Morgan fingerprint density at radius 1 is 1.25 bits per heavy atom. The maximum Gasteiger partial charge on any atom is 0.279 e. The summed E-state index contributed by atoms with van der Waals surface area (Å²) in [5, 5.41) is 5.58. The molecule has 0 unspecified atom stereocenters. The Kier molecular flexibility index (Phi) is 6.69. The number of carbonyl (C=O) groups is 2. The molecule has 1 fully saturated rings. The fourth-order valence-electron chi connectivity index (χ4n) is 3.05. The van der Waals surface area contributed by atoms with Gasteiger partial charge in [0.15, 0.2) is 12.6 Å². The van der Waals surface area contributed by atoms with Crippen LogP contribution in [0.25, 0.3) is 0 Å². The molecule has 2 amide bonds. The van der Waals surface area contributed by atoms with Gasteiger partial charge in [0.1, 0.15) is 32.0 Å². The number of likely N-dealkylation sites (N-methyl/N-ethyl adjacent to an activating group) is 1. The summed E-state index contributed by atoms with van der Waals surface area (Å²) >= 11 is 0. The quantitative estimate of drug-likeness (QED) is 0.488. The van der Waals surface area contributed by atoms with Crippen molar-refractivity contribution in [2.45, 2.75) is 19.9 Å². The van der Waals surface area contributed by atoms with E-state index < -0.39 is 0 Å². The summed E-state index contributed by atoms with van der Waals surface area (Å²) in [5.41, 5.74) is 0.480. The number of nitrogens with one attached hydrogen (secondary N) is 4. The number of hydrogen-bond acceptors (Lipinski definition) is 2. The predicted octanol–water partition coefficient (Wildman–Crippen LogP) is -1.93. The van der Waals surface area contributed by atoms with Crippen LogP contribution in [0.3, 0.4) is 0 Å². The summed E-state index contributed by atoms with van der Waals surface area (Å²) < 4.78 is 13.1. The molecule has 1 aromatic carbocycles. The van der Waals surface area contributed by atoms with E-state index in [1.807, 2.05) is 13.8 Å². The van der Waals surface area contributed by atoms with Crippen LogP contribution in [0.1, 0.15) is 13.8 Å². The second-order valence-corrected chi connectivity index (χ2v) is 6.26. The van der Waals surface area contributed by atoms with Gasteiger partial charge < -0.3 is 20.4 Å². The molecule has 1 atom stereocenters. The molecule has 6 nitrogen and oxygen atoms in total. The van der Waals surface area contributed by atoms with E-state index in [9.17, 15) is 14.0 Å². The molecule has 1 aromatic rings. The van der Waals surface area contributed by atoms with Crippen LogP contribution in [0, 0.1) is 5.82 Å². The number of halogens is 1. The molecule has 0 aromatic heterocycles.